The van der Waals surface area contributed by atoms with E-state index in [0.717, 1.165) is 25.1 Å². The maximum absolute atomic E-state index is 10.7. The molecule has 0 spiro atoms. The number of non-ortho nitro benzene ring substituents is 1. The van der Waals surface area contributed by atoms with E-state index in [1.807, 2.05) is 6.07 Å². The van der Waals surface area contributed by atoms with Gasteiger partial charge in [-0.3, -0.25) is 15.0 Å². The van der Waals surface area contributed by atoms with Gasteiger partial charge in [-0.1, -0.05) is 6.07 Å². The zero-order chi connectivity index (χ0) is 11.1. The van der Waals surface area contributed by atoms with Gasteiger partial charge in [0.25, 0.3) is 5.69 Å². The quantitative estimate of drug-likeness (QED) is 0.535. The Morgan fingerprint density at radius 1 is 1.38 bits per heavy atom. The van der Waals surface area contributed by atoms with Crippen LogP contribution in [0.4, 0.5) is 5.69 Å². The minimum atomic E-state index is -0.309. The first-order chi connectivity index (χ1) is 7.74. The van der Waals surface area contributed by atoms with Crippen LogP contribution < -0.4 is 0 Å². The van der Waals surface area contributed by atoms with Gasteiger partial charge in [0.2, 0.25) is 0 Å². The molecule has 1 aromatic carbocycles. The van der Waals surface area contributed by atoms with Crippen molar-refractivity contribution in [2.75, 3.05) is 6.54 Å². The highest BCUT2D eigenvalue weighted by molar-refractivity contribution is 5.41. The van der Waals surface area contributed by atoms with Crippen molar-refractivity contribution in [3.63, 3.8) is 0 Å². The van der Waals surface area contributed by atoms with Crippen molar-refractivity contribution >= 4 is 5.69 Å². The molecule has 2 heterocycles. The second kappa shape index (κ2) is 3.56. The van der Waals surface area contributed by atoms with Crippen molar-refractivity contribution < 1.29 is 4.92 Å². The first kappa shape index (κ1) is 9.78. The molecular weight excluding hydrogens is 204 g/mol. The predicted octanol–water partition coefficient (Wildman–Crippen LogP) is 2.12. The Morgan fingerprint density at radius 3 is 3.06 bits per heavy atom. The molecule has 2 aliphatic heterocycles. The van der Waals surface area contributed by atoms with E-state index < -0.39 is 0 Å². The first-order valence-corrected chi connectivity index (χ1v) is 5.74. The van der Waals surface area contributed by atoms with E-state index in [1.54, 1.807) is 12.1 Å². The maximum Gasteiger partial charge on any atom is 0.269 e. The summed E-state index contributed by atoms with van der Waals surface area (Å²) in [5.74, 6) is 0. The summed E-state index contributed by atoms with van der Waals surface area (Å²) in [6.07, 6.45) is 3.60. The van der Waals surface area contributed by atoms with Crippen molar-refractivity contribution in [2.45, 2.75) is 31.8 Å². The maximum atomic E-state index is 10.7. The fourth-order valence-electron chi connectivity index (χ4n) is 2.88. The lowest BCUT2D eigenvalue weighted by Gasteiger charge is -2.31. The number of hydrogen-bond donors (Lipinski definition) is 0. The highest BCUT2D eigenvalue weighted by Gasteiger charge is 2.30. The van der Waals surface area contributed by atoms with Gasteiger partial charge in [-0.05, 0) is 36.9 Å². The minimum absolute atomic E-state index is 0.219. The van der Waals surface area contributed by atoms with E-state index in [0.29, 0.717) is 6.04 Å². The average Bonchev–Trinajstić information content (AvgIpc) is 2.71. The zero-order valence-corrected chi connectivity index (χ0v) is 9.06. The van der Waals surface area contributed by atoms with Crippen molar-refractivity contribution in [2.24, 2.45) is 0 Å². The Bertz CT molecular complexity index is 445. The van der Waals surface area contributed by atoms with Gasteiger partial charge in [-0.2, -0.15) is 0 Å². The highest BCUT2D eigenvalue weighted by Crippen LogP contribution is 2.31. The van der Waals surface area contributed by atoms with Crippen molar-refractivity contribution in [3.05, 3.63) is 39.4 Å². The third kappa shape index (κ3) is 1.50. The molecular formula is C12H14N2O2. The van der Waals surface area contributed by atoms with E-state index in [1.165, 1.54) is 18.4 Å². The van der Waals surface area contributed by atoms with Gasteiger partial charge in [0.1, 0.15) is 0 Å². The van der Waals surface area contributed by atoms with Gasteiger partial charge >= 0.3 is 0 Å². The molecule has 0 aromatic heterocycles. The summed E-state index contributed by atoms with van der Waals surface area (Å²) in [6.45, 7) is 2.04. The van der Waals surface area contributed by atoms with Crippen LogP contribution in [0.15, 0.2) is 18.2 Å². The molecule has 0 radical (unpaired) electrons. The standard InChI is InChI=1S/C12H14N2O2/c15-14(16)12-4-3-9-6-11-2-1-5-13(11)8-10(9)7-12/h3-4,7,11H,1-2,5-6,8H2. The molecule has 4 heteroatoms. The summed E-state index contributed by atoms with van der Waals surface area (Å²) in [5, 5.41) is 10.7. The van der Waals surface area contributed by atoms with Crippen LogP contribution in [0.3, 0.4) is 0 Å². The van der Waals surface area contributed by atoms with Crippen LogP contribution in [-0.2, 0) is 13.0 Å². The highest BCUT2D eigenvalue weighted by atomic mass is 16.6. The van der Waals surface area contributed by atoms with Crippen LogP contribution in [0.25, 0.3) is 0 Å². The summed E-state index contributed by atoms with van der Waals surface area (Å²) in [7, 11) is 0. The van der Waals surface area contributed by atoms with Gasteiger partial charge in [0.05, 0.1) is 4.92 Å². The van der Waals surface area contributed by atoms with Crippen molar-refractivity contribution in [1.29, 1.82) is 0 Å². The third-order valence-corrected chi connectivity index (χ3v) is 3.73. The molecule has 1 fully saturated rings. The second-order valence-electron chi connectivity index (χ2n) is 4.68. The lowest BCUT2D eigenvalue weighted by Crippen LogP contribution is -2.35. The van der Waals surface area contributed by atoms with Crippen LogP contribution in [0.2, 0.25) is 0 Å². The van der Waals surface area contributed by atoms with Crippen molar-refractivity contribution in [1.82, 2.24) is 4.90 Å². The number of rotatable bonds is 1. The molecule has 3 rings (SSSR count). The zero-order valence-electron chi connectivity index (χ0n) is 9.06. The Kier molecular flexibility index (Phi) is 2.17. The Labute approximate surface area is 94.0 Å². The Balaban J connectivity index is 1.95. The molecule has 1 atom stereocenters. The number of benzene rings is 1. The molecule has 0 saturated carbocycles. The van der Waals surface area contributed by atoms with E-state index in [9.17, 15) is 10.1 Å². The van der Waals surface area contributed by atoms with Crippen LogP contribution in [0, 0.1) is 10.1 Å². The predicted molar refractivity (Wildman–Crippen MR) is 60.2 cm³/mol. The molecule has 0 aliphatic carbocycles. The Hall–Kier alpha value is -1.42. The number of hydrogen-bond acceptors (Lipinski definition) is 3. The van der Waals surface area contributed by atoms with Crippen LogP contribution >= 0.6 is 0 Å². The number of nitrogens with zero attached hydrogens (tertiary/aromatic N) is 2. The topological polar surface area (TPSA) is 46.4 Å². The lowest BCUT2D eigenvalue weighted by atomic mass is 9.94. The van der Waals surface area contributed by atoms with E-state index in [2.05, 4.69) is 4.90 Å². The monoisotopic (exact) mass is 218 g/mol. The second-order valence-corrected chi connectivity index (χ2v) is 4.68. The molecule has 0 amide bonds. The molecule has 4 nitrogen and oxygen atoms in total. The van der Waals surface area contributed by atoms with Crippen LogP contribution in [0.5, 0.6) is 0 Å². The van der Waals surface area contributed by atoms with Crippen LogP contribution in [-0.4, -0.2) is 22.4 Å². The average molecular weight is 218 g/mol. The number of nitro groups is 1. The number of fused-ring (bicyclic) bond motifs is 2. The summed E-state index contributed by atoms with van der Waals surface area (Å²) >= 11 is 0. The molecule has 1 aromatic rings. The lowest BCUT2D eigenvalue weighted by molar-refractivity contribution is -0.385. The molecule has 0 bridgehead atoms. The first-order valence-electron chi connectivity index (χ1n) is 5.74. The fraction of sp³-hybridized carbons (Fsp3) is 0.500. The van der Waals surface area contributed by atoms with Gasteiger partial charge in [0, 0.05) is 24.7 Å². The molecule has 1 unspecified atom stereocenters. The minimum Gasteiger partial charge on any atom is -0.296 e. The molecule has 2 aliphatic rings. The molecule has 84 valence electrons. The van der Waals surface area contributed by atoms with E-state index in [-0.39, 0.29) is 10.6 Å². The molecule has 0 N–H and O–H groups in total. The number of nitro benzene ring substituents is 1. The molecule has 16 heavy (non-hydrogen) atoms. The molecule has 1 saturated heterocycles. The SMILES string of the molecule is O=[N+]([O-])c1ccc2c(c1)CN1CCCC1C2. The summed E-state index contributed by atoms with van der Waals surface area (Å²) < 4.78 is 0. The van der Waals surface area contributed by atoms with Crippen LogP contribution in [0.1, 0.15) is 24.0 Å². The normalized spacial score (nSPS) is 23.9. The smallest absolute Gasteiger partial charge is 0.269 e. The Morgan fingerprint density at radius 2 is 2.25 bits per heavy atom. The van der Waals surface area contributed by atoms with Gasteiger partial charge < -0.3 is 0 Å². The van der Waals surface area contributed by atoms with Crippen molar-refractivity contribution in [3.8, 4) is 0 Å². The third-order valence-electron chi connectivity index (χ3n) is 3.73. The van der Waals surface area contributed by atoms with Gasteiger partial charge in [-0.15, -0.1) is 0 Å². The van der Waals surface area contributed by atoms with Gasteiger partial charge in [-0.25, -0.2) is 0 Å². The van der Waals surface area contributed by atoms with E-state index in [4.69, 9.17) is 0 Å². The summed E-state index contributed by atoms with van der Waals surface area (Å²) in [4.78, 5) is 12.8. The fourth-order valence-corrected chi connectivity index (χ4v) is 2.88. The summed E-state index contributed by atoms with van der Waals surface area (Å²) in [5.41, 5.74) is 2.66. The summed E-state index contributed by atoms with van der Waals surface area (Å²) in [6, 6.07) is 5.98. The van der Waals surface area contributed by atoms with Gasteiger partial charge in [0.15, 0.2) is 0 Å². The largest absolute Gasteiger partial charge is 0.296 e. The van der Waals surface area contributed by atoms with E-state index >= 15 is 0 Å².